The third-order valence-electron chi connectivity index (χ3n) is 5.36. The number of aryl methyl sites for hydroxylation is 1. The fraction of sp³-hybridized carbons (Fsp3) is 0.217. The highest BCUT2D eigenvalue weighted by Crippen LogP contribution is 2.41. The lowest BCUT2D eigenvalue weighted by molar-refractivity contribution is -0.777. The second kappa shape index (κ2) is 11.2. The van der Waals surface area contributed by atoms with Gasteiger partial charge in [0.1, 0.15) is 18.0 Å². The molecule has 190 valence electrons. The number of pyridine rings is 1. The van der Waals surface area contributed by atoms with Crippen molar-refractivity contribution >= 4 is 33.1 Å². The molecule has 13 heteroatoms. The zero-order valence-corrected chi connectivity index (χ0v) is 20.8. The largest absolute Gasteiger partial charge is 0.748 e. The lowest BCUT2D eigenvalue weighted by atomic mass is 10.1. The van der Waals surface area contributed by atoms with E-state index in [1.165, 1.54) is 14.2 Å². The van der Waals surface area contributed by atoms with Crippen LogP contribution < -0.4 is 19.3 Å². The summed E-state index contributed by atoms with van der Waals surface area (Å²) in [6, 6.07) is 12.6. The summed E-state index contributed by atoms with van der Waals surface area (Å²) in [6.45, 7) is 0.359. The van der Waals surface area contributed by atoms with Gasteiger partial charge in [-0.2, -0.15) is 8.90 Å². The number of hydrogen-bond acceptors (Lipinski definition) is 11. The number of benzene rings is 2. The van der Waals surface area contributed by atoms with Crippen molar-refractivity contribution in [3.63, 3.8) is 0 Å². The monoisotopic (exact) mass is 533 g/mol. The van der Waals surface area contributed by atoms with Gasteiger partial charge < -0.3 is 23.7 Å². The summed E-state index contributed by atoms with van der Waals surface area (Å²) in [4.78, 5) is 4.90. The van der Waals surface area contributed by atoms with Gasteiger partial charge in [0.25, 0.3) is 0 Å². The Labute approximate surface area is 211 Å². The van der Waals surface area contributed by atoms with Crippen molar-refractivity contribution < 1.29 is 46.1 Å². The van der Waals surface area contributed by atoms with Crippen LogP contribution in [0.3, 0.4) is 0 Å². The molecule has 4 aromatic rings. The Kier molecular flexibility index (Phi) is 8.08. The second-order valence-corrected chi connectivity index (χ2v) is 9.77. The van der Waals surface area contributed by atoms with Crippen molar-refractivity contribution in [2.75, 3.05) is 20.0 Å². The van der Waals surface area contributed by atoms with E-state index in [0.717, 1.165) is 16.5 Å². The summed E-state index contributed by atoms with van der Waals surface area (Å²) < 4.78 is 56.1. The van der Waals surface area contributed by atoms with Crippen molar-refractivity contribution in [3.05, 3.63) is 54.9 Å². The quantitative estimate of drug-likeness (QED) is 0.0921. The molecule has 0 atom stereocenters. The fourth-order valence-electron chi connectivity index (χ4n) is 3.78. The molecule has 2 aromatic carbocycles. The van der Waals surface area contributed by atoms with E-state index < -0.39 is 15.9 Å². The molecule has 2 aromatic heterocycles. The maximum Gasteiger partial charge on any atom is 0.227 e. The highest BCUT2D eigenvalue weighted by Gasteiger charge is 2.20. The Hall–Kier alpha value is -3.20. The molecule has 0 amide bonds. The number of hydrogen-bond donors (Lipinski definition) is 0. The molecule has 0 unspecified atom stereocenters. The molecule has 0 N–H and O–H groups in total. The number of methoxy groups -OCH3 is 2. The van der Waals surface area contributed by atoms with Crippen LogP contribution in [0.5, 0.6) is 11.5 Å². The van der Waals surface area contributed by atoms with Crippen molar-refractivity contribution in [2.45, 2.75) is 17.9 Å². The SMILES string of the molecule is COc1cc(OC)c(-c2cnc(-c3cc[n+](CCCS(=O)(=O)[O-])c4ccccc34)o2)cc1SOO[O-]. The molecule has 0 bridgehead atoms. The molecule has 0 radical (unpaired) electrons. The van der Waals surface area contributed by atoms with E-state index in [1.807, 2.05) is 34.9 Å². The molecule has 0 saturated carbocycles. The number of aromatic nitrogens is 2. The predicted molar refractivity (Wildman–Crippen MR) is 125 cm³/mol. The molecule has 36 heavy (non-hydrogen) atoms. The average molecular weight is 534 g/mol. The second-order valence-electron chi connectivity index (χ2n) is 7.51. The molecular formula is C23H21N2O9S2-. The minimum absolute atomic E-state index is 0.196. The first-order valence-electron chi connectivity index (χ1n) is 10.5. The summed E-state index contributed by atoms with van der Waals surface area (Å²) >= 11 is 0.677. The molecule has 0 spiro atoms. The van der Waals surface area contributed by atoms with Gasteiger partial charge in [0.05, 0.1) is 64.0 Å². The van der Waals surface area contributed by atoms with Crippen LogP contribution in [0.1, 0.15) is 6.42 Å². The molecular weight excluding hydrogens is 512 g/mol. The Balaban J connectivity index is 1.71. The standard InChI is InChI=1S/C23H22N2O9S2/c1-30-19-13-20(31-2)22(35-34-33-26)12-17(19)21-14-24-23(32-21)16-8-10-25(9-5-11-36(27,28)29)18-7-4-3-6-15(16)18/h3-4,6-8,10,12-14H,5,9,11H2,1-2H3,(H-,26,27,28,29)/p-1. The number of nitrogens with zero attached hydrogens (tertiary/aromatic N) is 2. The van der Waals surface area contributed by atoms with Gasteiger partial charge in [-0.1, -0.05) is 12.1 Å². The maximum absolute atomic E-state index is 11.0. The van der Waals surface area contributed by atoms with E-state index in [0.29, 0.717) is 52.2 Å². The summed E-state index contributed by atoms with van der Waals surface area (Å²) in [5, 5.41) is 14.6. The van der Waals surface area contributed by atoms with Crippen molar-refractivity contribution in [1.82, 2.24) is 4.98 Å². The first-order chi connectivity index (χ1) is 17.3. The Bertz CT molecular complexity index is 1470. The van der Waals surface area contributed by atoms with Crippen LogP contribution in [0, 0.1) is 0 Å². The minimum Gasteiger partial charge on any atom is -0.748 e. The molecule has 11 nitrogen and oxygen atoms in total. The van der Waals surface area contributed by atoms with Gasteiger partial charge >= 0.3 is 0 Å². The Morgan fingerprint density at radius 2 is 1.86 bits per heavy atom. The number of rotatable bonds is 11. The number of para-hydroxylation sites is 1. The van der Waals surface area contributed by atoms with E-state index in [9.17, 15) is 18.2 Å². The van der Waals surface area contributed by atoms with Crippen LogP contribution in [0.25, 0.3) is 33.7 Å². The average Bonchev–Trinajstić information content (AvgIpc) is 3.36. The number of ether oxygens (including phenoxy) is 2. The zero-order valence-electron chi connectivity index (χ0n) is 19.2. The van der Waals surface area contributed by atoms with Gasteiger partial charge in [-0.25, -0.2) is 13.4 Å². The minimum atomic E-state index is -4.28. The Morgan fingerprint density at radius 1 is 1.08 bits per heavy atom. The van der Waals surface area contributed by atoms with Crippen LogP contribution in [0.15, 0.2) is 64.2 Å². The van der Waals surface area contributed by atoms with Gasteiger partial charge in [-0.05, 0) is 12.1 Å². The fourth-order valence-corrected chi connectivity index (χ4v) is 4.75. The molecule has 0 aliphatic rings. The summed E-state index contributed by atoms with van der Waals surface area (Å²) in [5.74, 6) is 1.17. The predicted octanol–water partition coefficient (Wildman–Crippen LogP) is 2.63. The lowest BCUT2D eigenvalue weighted by Gasteiger charge is -2.13. The van der Waals surface area contributed by atoms with Crippen molar-refractivity contribution in [1.29, 1.82) is 0 Å². The van der Waals surface area contributed by atoms with Crippen LogP contribution in [0.2, 0.25) is 0 Å². The number of fused-ring (bicyclic) bond motifs is 1. The lowest BCUT2D eigenvalue weighted by Crippen LogP contribution is -2.35. The summed E-state index contributed by atoms with van der Waals surface area (Å²) in [7, 11) is -1.31. The molecule has 0 fully saturated rings. The van der Waals surface area contributed by atoms with E-state index >= 15 is 0 Å². The highest BCUT2D eigenvalue weighted by molar-refractivity contribution is 7.94. The number of oxazole rings is 1. The van der Waals surface area contributed by atoms with Crippen LogP contribution in [-0.2, 0) is 26.0 Å². The third kappa shape index (κ3) is 5.78. The van der Waals surface area contributed by atoms with Gasteiger partial charge in [0, 0.05) is 30.4 Å². The molecule has 0 saturated heterocycles. The Morgan fingerprint density at radius 3 is 2.58 bits per heavy atom. The molecule has 0 aliphatic heterocycles. The van der Waals surface area contributed by atoms with E-state index in [4.69, 9.17) is 13.9 Å². The van der Waals surface area contributed by atoms with Gasteiger partial charge in [-0.15, -0.1) is 0 Å². The summed E-state index contributed by atoms with van der Waals surface area (Å²) in [6.07, 6.45) is 3.54. The topological polar surface area (TPSA) is 147 Å². The van der Waals surface area contributed by atoms with Gasteiger partial charge in [-0.3, -0.25) is 5.04 Å². The third-order valence-corrected chi connectivity index (χ3v) is 6.77. The van der Waals surface area contributed by atoms with E-state index in [-0.39, 0.29) is 6.42 Å². The van der Waals surface area contributed by atoms with Gasteiger partial charge in [0.2, 0.25) is 11.4 Å². The zero-order chi connectivity index (χ0) is 25.7. The van der Waals surface area contributed by atoms with Crippen LogP contribution in [0.4, 0.5) is 0 Å². The first kappa shape index (κ1) is 25.9. The summed E-state index contributed by atoms with van der Waals surface area (Å²) in [5.41, 5.74) is 2.09. The highest BCUT2D eigenvalue weighted by atomic mass is 32.2. The van der Waals surface area contributed by atoms with Crippen molar-refractivity contribution in [2.24, 2.45) is 0 Å². The van der Waals surface area contributed by atoms with E-state index in [2.05, 4.69) is 14.4 Å². The normalized spacial score (nSPS) is 11.7. The smallest absolute Gasteiger partial charge is 0.227 e. The van der Waals surface area contributed by atoms with Crippen LogP contribution in [-0.4, -0.2) is 37.9 Å². The van der Waals surface area contributed by atoms with E-state index in [1.54, 1.807) is 24.5 Å². The molecule has 4 rings (SSSR count). The maximum atomic E-state index is 11.0. The van der Waals surface area contributed by atoms with Gasteiger partial charge in [0.15, 0.2) is 12.0 Å². The van der Waals surface area contributed by atoms with Crippen LogP contribution >= 0.6 is 12.0 Å². The molecule has 2 heterocycles. The molecule has 0 aliphatic carbocycles. The van der Waals surface area contributed by atoms with Crippen molar-refractivity contribution in [3.8, 4) is 34.3 Å². The first-order valence-corrected chi connectivity index (χ1v) is 12.9.